The van der Waals surface area contributed by atoms with Crippen LogP contribution in [0.3, 0.4) is 0 Å². The van der Waals surface area contributed by atoms with E-state index in [1.54, 1.807) is 0 Å². The Bertz CT molecular complexity index is 419. The van der Waals surface area contributed by atoms with E-state index in [-0.39, 0.29) is 11.9 Å². The van der Waals surface area contributed by atoms with Gasteiger partial charge in [-0.15, -0.1) is 0 Å². The predicted octanol–water partition coefficient (Wildman–Crippen LogP) is 2.20. The van der Waals surface area contributed by atoms with E-state index in [0.29, 0.717) is 18.5 Å². The summed E-state index contributed by atoms with van der Waals surface area (Å²) in [7, 11) is 0. The molecule has 0 radical (unpaired) electrons. The number of nitrogens with zero attached hydrogens (tertiary/aromatic N) is 1. The zero-order chi connectivity index (χ0) is 13.8. The Kier molecular flexibility index (Phi) is 4.64. The van der Waals surface area contributed by atoms with Crippen molar-refractivity contribution in [2.24, 2.45) is 11.7 Å². The Balaban J connectivity index is 1.86. The molecule has 4 nitrogen and oxygen atoms in total. The zero-order valence-corrected chi connectivity index (χ0v) is 11.9. The molecule has 0 aromatic carbocycles. The van der Waals surface area contributed by atoms with Gasteiger partial charge in [-0.05, 0) is 30.4 Å². The Hall–Kier alpha value is -1.29. The molecular weight excluding hydrogens is 238 g/mol. The summed E-state index contributed by atoms with van der Waals surface area (Å²) in [5, 5.41) is 3.10. The van der Waals surface area contributed by atoms with Gasteiger partial charge in [-0.2, -0.15) is 0 Å². The molecule has 19 heavy (non-hydrogen) atoms. The second-order valence-corrected chi connectivity index (χ2v) is 5.94. The van der Waals surface area contributed by atoms with Crippen LogP contribution >= 0.6 is 0 Å². The lowest BCUT2D eigenvalue weighted by molar-refractivity contribution is -0.122. The van der Waals surface area contributed by atoms with Crippen LogP contribution in [0.25, 0.3) is 0 Å². The standard InChI is InChI=1S/C15H25N3O/c1-11(2)15(16)12-7-8-18(9-12)10-14(19)17-13-5-3-4-6-13/h7-9,11,13,15H,3-6,10,16H2,1-2H3,(H,17,19). The molecule has 0 spiro atoms. The van der Waals surface area contributed by atoms with E-state index in [1.807, 2.05) is 23.0 Å². The number of hydrogen-bond acceptors (Lipinski definition) is 2. The minimum atomic E-state index is 0.0409. The first-order valence-electron chi connectivity index (χ1n) is 7.27. The fraction of sp³-hybridized carbons (Fsp3) is 0.667. The Labute approximate surface area is 115 Å². The number of carbonyl (C=O) groups is 1. The van der Waals surface area contributed by atoms with Gasteiger partial charge in [0.1, 0.15) is 6.54 Å². The molecule has 1 atom stereocenters. The van der Waals surface area contributed by atoms with Gasteiger partial charge in [-0.25, -0.2) is 0 Å². The summed E-state index contributed by atoms with van der Waals surface area (Å²) < 4.78 is 1.92. The van der Waals surface area contributed by atoms with Gasteiger partial charge >= 0.3 is 0 Å². The number of amides is 1. The molecule has 1 aliphatic rings. The third-order valence-electron chi connectivity index (χ3n) is 3.92. The van der Waals surface area contributed by atoms with E-state index < -0.39 is 0 Å². The van der Waals surface area contributed by atoms with Gasteiger partial charge in [0.2, 0.25) is 5.91 Å². The van der Waals surface area contributed by atoms with Crippen molar-refractivity contribution >= 4 is 5.91 Å². The first-order chi connectivity index (χ1) is 9.06. The van der Waals surface area contributed by atoms with Crippen LogP contribution in [0.5, 0.6) is 0 Å². The molecule has 4 heteroatoms. The summed E-state index contributed by atoms with van der Waals surface area (Å²) in [6.45, 7) is 4.60. The summed E-state index contributed by atoms with van der Waals surface area (Å²) in [6, 6.07) is 2.44. The van der Waals surface area contributed by atoms with Crippen molar-refractivity contribution in [2.45, 2.75) is 58.2 Å². The maximum atomic E-state index is 11.9. The number of hydrogen-bond donors (Lipinski definition) is 2. The van der Waals surface area contributed by atoms with Crippen LogP contribution in [0.2, 0.25) is 0 Å². The van der Waals surface area contributed by atoms with Gasteiger partial charge in [-0.3, -0.25) is 4.79 Å². The molecule has 1 aromatic rings. The summed E-state index contributed by atoms with van der Waals surface area (Å²) >= 11 is 0. The second-order valence-electron chi connectivity index (χ2n) is 5.94. The second kappa shape index (κ2) is 6.24. The third-order valence-corrected chi connectivity index (χ3v) is 3.92. The molecule has 1 unspecified atom stereocenters. The molecule has 1 saturated carbocycles. The topological polar surface area (TPSA) is 60.0 Å². The number of carbonyl (C=O) groups excluding carboxylic acids is 1. The number of nitrogens with two attached hydrogens (primary N) is 1. The van der Waals surface area contributed by atoms with Gasteiger partial charge in [0.25, 0.3) is 0 Å². The molecule has 106 valence electrons. The van der Waals surface area contributed by atoms with Crippen LogP contribution in [-0.2, 0) is 11.3 Å². The Morgan fingerprint density at radius 3 is 2.79 bits per heavy atom. The first kappa shape index (κ1) is 14.1. The van der Waals surface area contributed by atoms with Gasteiger partial charge in [-0.1, -0.05) is 26.7 Å². The number of aromatic nitrogens is 1. The van der Waals surface area contributed by atoms with Gasteiger partial charge < -0.3 is 15.6 Å². The summed E-state index contributed by atoms with van der Waals surface area (Å²) in [6.07, 6.45) is 8.65. The minimum absolute atomic E-state index is 0.0409. The lowest BCUT2D eigenvalue weighted by atomic mass is 10.00. The van der Waals surface area contributed by atoms with Gasteiger partial charge in [0.05, 0.1) is 0 Å². The van der Waals surface area contributed by atoms with Gasteiger partial charge in [0.15, 0.2) is 0 Å². The highest BCUT2D eigenvalue weighted by molar-refractivity contribution is 5.76. The van der Waals surface area contributed by atoms with E-state index in [2.05, 4.69) is 19.2 Å². The van der Waals surface area contributed by atoms with Crippen molar-refractivity contribution in [3.05, 3.63) is 24.0 Å². The van der Waals surface area contributed by atoms with Crippen LogP contribution in [0.15, 0.2) is 18.5 Å². The van der Waals surface area contributed by atoms with E-state index in [4.69, 9.17) is 5.73 Å². The van der Waals surface area contributed by atoms with Gasteiger partial charge in [0, 0.05) is 24.5 Å². The van der Waals surface area contributed by atoms with Crippen LogP contribution in [-0.4, -0.2) is 16.5 Å². The van der Waals surface area contributed by atoms with Crippen molar-refractivity contribution in [1.82, 2.24) is 9.88 Å². The lowest BCUT2D eigenvalue weighted by Gasteiger charge is -2.14. The lowest BCUT2D eigenvalue weighted by Crippen LogP contribution is -2.34. The third kappa shape index (κ3) is 3.83. The fourth-order valence-corrected chi connectivity index (χ4v) is 2.65. The van der Waals surface area contributed by atoms with E-state index in [0.717, 1.165) is 18.4 Å². The van der Waals surface area contributed by atoms with Crippen LogP contribution in [0.1, 0.15) is 51.1 Å². The molecule has 1 fully saturated rings. The molecule has 1 aliphatic carbocycles. The van der Waals surface area contributed by atoms with Crippen molar-refractivity contribution < 1.29 is 4.79 Å². The van der Waals surface area contributed by atoms with E-state index in [1.165, 1.54) is 12.8 Å². The highest BCUT2D eigenvalue weighted by Gasteiger charge is 2.17. The highest BCUT2D eigenvalue weighted by Crippen LogP contribution is 2.19. The smallest absolute Gasteiger partial charge is 0.240 e. The molecule has 1 aromatic heterocycles. The highest BCUT2D eigenvalue weighted by atomic mass is 16.2. The minimum Gasteiger partial charge on any atom is -0.352 e. The Morgan fingerprint density at radius 1 is 1.47 bits per heavy atom. The Morgan fingerprint density at radius 2 is 2.16 bits per heavy atom. The fourth-order valence-electron chi connectivity index (χ4n) is 2.65. The normalized spacial score (nSPS) is 17.9. The maximum Gasteiger partial charge on any atom is 0.240 e. The predicted molar refractivity (Wildman–Crippen MR) is 76.6 cm³/mol. The molecule has 0 bridgehead atoms. The molecule has 1 heterocycles. The van der Waals surface area contributed by atoms with E-state index >= 15 is 0 Å². The zero-order valence-electron chi connectivity index (χ0n) is 11.9. The van der Waals surface area contributed by atoms with Crippen molar-refractivity contribution in [3.63, 3.8) is 0 Å². The van der Waals surface area contributed by atoms with Crippen molar-refractivity contribution in [2.75, 3.05) is 0 Å². The summed E-state index contributed by atoms with van der Waals surface area (Å²) in [5.74, 6) is 0.510. The first-order valence-corrected chi connectivity index (χ1v) is 7.27. The summed E-state index contributed by atoms with van der Waals surface area (Å²) in [4.78, 5) is 11.9. The monoisotopic (exact) mass is 263 g/mol. The SMILES string of the molecule is CC(C)C(N)c1ccn(CC(=O)NC2CCCC2)c1. The molecule has 3 N–H and O–H groups in total. The van der Waals surface area contributed by atoms with Crippen LogP contribution in [0.4, 0.5) is 0 Å². The van der Waals surface area contributed by atoms with E-state index in [9.17, 15) is 4.79 Å². The van der Waals surface area contributed by atoms with Crippen LogP contribution in [0, 0.1) is 5.92 Å². The molecular formula is C15H25N3O. The quantitative estimate of drug-likeness (QED) is 0.855. The van der Waals surface area contributed by atoms with Crippen LogP contribution < -0.4 is 11.1 Å². The molecule has 1 amide bonds. The number of rotatable bonds is 5. The summed E-state index contributed by atoms with van der Waals surface area (Å²) in [5.41, 5.74) is 7.20. The number of nitrogens with one attached hydrogen (secondary N) is 1. The molecule has 0 saturated heterocycles. The molecule has 0 aliphatic heterocycles. The largest absolute Gasteiger partial charge is 0.352 e. The van der Waals surface area contributed by atoms with Crippen molar-refractivity contribution in [3.8, 4) is 0 Å². The average molecular weight is 263 g/mol. The average Bonchev–Trinajstić information content (AvgIpc) is 2.99. The van der Waals surface area contributed by atoms with Crippen molar-refractivity contribution in [1.29, 1.82) is 0 Å². The maximum absolute atomic E-state index is 11.9. The molecule has 2 rings (SSSR count).